The van der Waals surface area contributed by atoms with Crippen LogP contribution < -0.4 is 11.1 Å². The zero-order chi connectivity index (χ0) is 13.7. The van der Waals surface area contributed by atoms with E-state index < -0.39 is 0 Å². The van der Waals surface area contributed by atoms with Crippen molar-refractivity contribution in [1.29, 1.82) is 0 Å². The van der Waals surface area contributed by atoms with E-state index in [2.05, 4.69) is 27.1 Å². The van der Waals surface area contributed by atoms with Crippen LogP contribution in [0.1, 0.15) is 25.8 Å². The molecule has 0 fully saturated rings. The fourth-order valence-corrected chi connectivity index (χ4v) is 2.46. The molecule has 0 unspecified atom stereocenters. The van der Waals surface area contributed by atoms with Crippen molar-refractivity contribution < 1.29 is 4.79 Å². The van der Waals surface area contributed by atoms with Crippen molar-refractivity contribution in [3.8, 4) is 11.8 Å². The summed E-state index contributed by atoms with van der Waals surface area (Å²) in [6, 6.07) is 1.84. The van der Waals surface area contributed by atoms with Crippen LogP contribution in [0, 0.1) is 18.8 Å². The number of rotatable bonds is 3. The Kier molecular flexibility index (Phi) is 4.34. The summed E-state index contributed by atoms with van der Waals surface area (Å²) in [7, 11) is 0. The largest absolute Gasteiger partial charge is 0.347 e. The quantitative estimate of drug-likeness (QED) is 0.731. The Hall–Kier alpha value is -2.10. The van der Waals surface area contributed by atoms with Gasteiger partial charge in [0.1, 0.15) is 0 Å². The number of nitrogens with zero attached hydrogens (tertiary/aromatic N) is 1. The van der Waals surface area contributed by atoms with Gasteiger partial charge in [-0.25, -0.2) is 4.98 Å². The van der Waals surface area contributed by atoms with E-state index in [4.69, 9.17) is 5.73 Å². The second-order valence-electron chi connectivity index (χ2n) is 3.89. The summed E-state index contributed by atoms with van der Waals surface area (Å²) in [6.45, 7) is 2.68. The molecule has 0 spiro atoms. The average molecular weight is 274 g/mol. The smallest absolute Gasteiger partial charge is 0.261 e. The molecule has 2 aromatic rings. The minimum atomic E-state index is -0.108. The third-order valence-corrected chi connectivity index (χ3v) is 3.59. The second-order valence-corrected chi connectivity index (χ2v) is 4.94. The number of hydrogen-bond acceptors (Lipinski definition) is 4. The maximum Gasteiger partial charge on any atom is 0.261 e. The number of nitrogens with two attached hydrogens (primary N) is 1. The van der Waals surface area contributed by atoms with Crippen molar-refractivity contribution in [2.24, 2.45) is 5.73 Å². The van der Waals surface area contributed by atoms with Gasteiger partial charge in [-0.3, -0.25) is 4.79 Å². The van der Waals surface area contributed by atoms with Crippen LogP contribution in [0.3, 0.4) is 0 Å². The highest BCUT2D eigenvalue weighted by Crippen LogP contribution is 2.20. The van der Waals surface area contributed by atoms with Crippen molar-refractivity contribution in [1.82, 2.24) is 15.3 Å². The Balaban J connectivity index is 2.03. The molecule has 0 saturated heterocycles. The van der Waals surface area contributed by atoms with E-state index in [1.807, 2.05) is 13.0 Å². The molecular weight excluding hydrogens is 260 g/mol. The highest BCUT2D eigenvalue weighted by Gasteiger charge is 2.11. The lowest BCUT2D eigenvalue weighted by molar-refractivity contribution is 0.0954. The van der Waals surface area contributed by atoms with Crippen molar-refractivity contribution in [2.45, 2.75) is 13.5 Å². The van der Waals surface area contributed by atoms with Crippen LogP contribution in [-0.4, -0.2) is 22.4 Å². The maximum absolute atomic E-state index is 12.0. The van der Waals surface area contributed by atoms with Gasteiger partial charge in [0.15, 0.2) is 0 Å². The first-order valence-electron chi connectivity index (χ1n) is 5.75. The highest BCUT2D eigenvalue weighted by molar-refractivity contribution is 7.14. The summed E-state index contributed by atoms with van der Waals surface area (Å²) < 4.78 is 0. The second kappa shape index (κ2) is 6.18. The third kappa shape index (κ3) is 3.44. The Morgan fingerprint density at radius 2 is 2.47 bits per heavy atom. The molecule has 0 atom stereocenters. The van der Waals surface area contributed by atoms with Crippen LogP contribution >= 0.6 is 11.3 Å². The highest BCUT2D eigenvalue weighted by atomic mass is 32.1. The van der Waals surface area contributed by atoms with Crippen LogP contribution in [0.15, 0.2) is 18.6 Å². The van der Waals surface area contributed by atoms with Gasteiger partial charge in [-0.2, -0.15) is 0 Å². The molecule has 0 aliphatic carbocycles. The first-order chi connectivity index (χ1) is 9.20. The summed E-state index contributed by atoms with van der Waals surface area (Å²) in [5, 5.41) is 2.83. The lowest BCUT2D eigenvalue weighted by Crippen LogP contribution is -2.21. The monoisotopic (exact) mass is 274 g/mol. The number of thiophene rings is 1. The molecule has 0 saturated carbocycles. The molecule has 0 bridgehead atoms. The van der Waals surface area contributed by atoms with Crippen molar-refractivity contribution in [3.05, 3.63) is 39.6 Å². The molecule has 1 amide bonds. The minimum absolute atomic E-state index is 0.108. The Morgan fingerprint density at radius 1 is 1.63 bits per heavy atom. The van der Waals surface area contributed by atoms with E-state index in [-0.39, 0.29) is 5.91 Å². The van der Waals surface area contributed by atoms with Gasteiger partial charge in [0.25, 0.3) is 5.91 Å². The van der Waals surface area contributed by atoms with Gasteiger partial charge in [0.05, 0.1) is 34.9 Å². The van der Waals surface area contributed by atoms with Crippen LogP contribution in [-0.2, 0) is 6.54 Å². The van der Waals surface area contributed by atoms with Gasteiger partial charge in [0.2, 0.25) is 0 Å². The number of aromatic nitrogens is 2. The molecule has 2 heterocycles. The topological polar surface area (TPSA) is 83.8 Å². The average Bonchev–Trinajstić information content (AvgIpc) is 3.03. The maximum atomic E-state index is 12.0. The summed E-state index contributed by atoms with van der Waals surface area (Å²) in [6.07, 6.45) is 3.26. The number of H-pyrrole nitrogens is 1. The van der Waals surface area contributed by atoms with E-state index in [1.165, 1.54) is 11.3 Å². The van der Waals surface area contributed by atoms with Gasteiger partial charge in [-0.15, -0.1) is 11.3 Å². The number of hydrogen-bond donors (Lipinski definition) is 3. The van der Waals surface area contributed by atoms with Gasteiger partial charge >= 0.3 is 0 Å². The van der Waals surface area contributed by atoms with E-state index in [9.17, 15) is 4.79 Å². The van der Waals surface area contributed by atoms with Gasteiger partial charge in [-0.1, -0.05) is 11.8 Å². The summed E-state index contributed by atoms with van der Waals surface area (Å²) in [5.41, 5.74) is 7.20. The summed E-state index contributed by atoms with van der Waals surface area (Å²) in [5.74, 6) is 5.65. The number of carbonyl (C=O) groups is 1. The Bertz CT molecular complexity index is 619. The molecule has 0 aliphatic heterocycles. The SMILES string of the molecule is Cc1cc(C(=O)NCc2cnc[nH]2)sc1C#CCN. The zero-order valence-electron chi connectivity index (χ0n) is 10.5. The van der Waals surface area contributed by atoms with Crippen LogP contribution in [0.2, 0.25) is 0 Å². The number of nitrogens with one attached hydrogen (secondary N) is 2. The Morgan fingerprint density at radius 3 is 3.16 bits per heavy atom. The fourth-order valence-electron chi connectivity index (χ4n) is 1.49. The molecule has 98 valence electrons. The standard InChI is InChI=1S/C13H14N4OS/c1-9-5-12(19-11(9)3-2-4-14)13(18)16-7-10-6-15-8-17-10/h5-6,8H,4,7,14H2,1H3,(H,15,17)(H,16,18). The first-order valence-corrected chi connectivity index (χ1v) is 6.57. The zero-order valence-corrected chi connectivity index (χ0v) is 11.3. The molecule has 0 aliphatic rings. The molecule has 2 aromatic heterocycles. The van der Waals surface area contributed by atoms with Crippen molar-refractivity contribution in [2.75, 3.05) is 6.54 Å². The number of aromatic amines is 1. The predicted molar refractivity (Wildman–Crippen MR) is 74.7 cm³/mol. The lowest BCUT2D eigenvalue weighted by atomic mass is 10.2. The van der Waals surface area contributed by atoms with E-state index in [0.717, 1.165) is 16.1 Å². The molecule has 2 rings (SSSR count). The van der Waals surface area contributed by atoms with Crippen molar-refractivity contribution >= 4 is 17.2 Å². The van der Waals surface area contributed by atoms with Crippen LogP contribution in [0.5, 0.6) is 0 Å². The number of aryl methyl sites for hydroxylation is 1. The molecule has 0 aromatic carbocycles. The van der Waals surface area contributed by atoms with Gasteiger partial charge in [-0.05, 0) is 18.6 Å². The summed E-state index contributed by atoms with van der Waals surface area (Å²) in [4.78, 5) is 20.3. The number of imidazole rings is 1. The minimum Gasteiger partial charge on any atom is -0.347 e. The van der Waals surface area contributed by atoms with E-state index in [0.29, 0.717) is 18.0 Å². The lowest BCUT2D eigenvalue weighted by Gasteiger charge is -2.00. The number of carbonyl (C=O) groups excluding carboxylic acids is 1. The Labute approximate surface area is 115 Å². The predicted octanol–water partition coefficient (Wildman–Crippen LogP) is 1.02. The molecule has 4 N–H and O–H groups in total. The van der Waals surface area contributed by atoms with E-state index >= 15 is 0 Å². The first kappa shape index (κ1) is 13.3. The van der Waals surface area contributed by atoms with Crippen LogP contribution in [0.4, 0.5) is 0 Å². The van der Waals surface area contributed by atoms with Gasteiger partial charge in [0, 0.05) is 6.20 Å². The van der Waals surface area contributed by atoms with Crippen LogP contribution in [0.25, 0.3) is 0 Å². The summed E-state index contributed by atoms with van der Waals surface area (Å²) >= 11 is 1.38. The molecule has 0 radical (unpaired) electrons. The molecule has 6 heteroatoms. The molecule has 19 heavy (non-hydrogen) atoms. The molecule has 5 nitrogen and oxygen atoms in total. The normalized spacial score (nSPS) is 9.79. The van der Waals surface area contributed by atoms with Crippen molar-refractivity contribution in [3.63, 3.8) is 0 Å². The molecular formula is C13H14N4OS. The third-order valence-electron chi connectivity index (χ3n) is 2.44. The fraction of sp³-hybridized carbons (Fsp3) is 0.231. The van der Waals surface area contributed by atoms with E-state index in [1.54, 1.807) is 12.5 Å². The number of amides is 1. The van der Waals surface area contributed by atoms with Gasteiger partial charge < -0.3 is 16.0 Å².